The maximum absolute atomic E-state index is 12.1. The van der Waals surface area contributed by atoms with Gasteiger partial charge in [0.05, 0.1) is 11.6 Å². The molecule has 118 valence electrons. The average Bonchev–Trinajstić information content (AvgIpc) is 2.45. The standard InChI is InChI=1S/C17H23N3O2/c1-17(2,3)22-16(21)20-9-8-14(15(19)11-20)13-6-4-12(10-18)5-7-13/h4-7,14-15H,8-9,11,19H2,1-3H3. The summed E-state index contributed by atoms with van der Waals surface area (Å²) in [5.74, 6) is 0.200. The van der Waals surface area contributed by atoms with E-state index in [-0.39, 0.29) is 18.1 Å². The molecule has 1 aliphatic rings. The summed E-state index contributed by atoms with van der Waals surface area (Å²) in [6, 6.07) is 9.50. The molecule has 1 aliphatic heterocycles. The Bertz CT molecular complexity index is 569. The van der Waals surface area contributed by atoms with Crippen molar-refractivity contribution in [3.05, 3.63) is 35.4 Å². The van der Waals surface area contributed by atoms with Crippen molar-refractivity contribution in [3.63, 3.8) is 0 Å². The first kappa shape index (κ1) is 16.3. The zero-order valence-corrected chi connectivity index (χ0v) is 13.4. The molecule has 1 saturated heterocycles. The van der Waals surface area contributed by atoms with Crippen molar-refractivity contribution in [1.82, 2.24) is 4.90 Å². The molecule has 2 rings (SSSR count). The first-order valence-electron chi connectivity index (χ1n) is 7.54. The van der Waals surface area contributed by atoms with E-state index >= 15 is 0 Å². The third-order valence-corrected chi connectivity index (χ3v) is 3.78. The minimum absolute atomic E-state index is 0.130. The molecule has 0 bridgehead atoms. The summed E-state index contributed by atoms with van der Waals surface area (Å²) in [6.45, 7) is 6.68. The number of amides is 1. The van der Waals surface area contributed by atoms with Crippen molar-refractivity contribution in [3.8, 4) is 6.07 Å². The van der Waals surface area contributed by atoms with Crippen LogP contribution >= 0.6 is 0 Å². The quantitative estimate of drug-likeness (QED) is 0.864. The monoisotopic (exact) mass is 301 g/mol. The molecule has 1 aromatic carbocycles. The summed E-state index contributed by atoms with van der Waals surface area (Å²) >= 11 is 0. The van der Waals surface area contributed by atoms with Crippen molar-refractivity contribution in [2.24, 2.45) is 5.73 Å². The van der Waals surface area contributed by atoms with Crippen LogP contribution in [0, 0.1) is 11.3 Å². The Labute approximate surface area is 131 Å². The Kier molecular flexibility index (Phi) is 4.72. The van der Waals surface area contributed by atoms with Gasteiger partial charge in [0.2, 0.25) is 0 Å². The van der Waals surface area contributed by atoms with Crippen molar-refractivity contribution >= 4 is 6.09 Å². The van der Waals surface area contributed by atoms with Gasteiger partial charge in [0, 0.05) is 25.0 Å². The summed E-state index contributed by atoms with van der Waals surface area (Å²) in [7, 11) is 0. The van der Waals surface area contributed by atoms with Crippen LogP contribution in [0.25, 0.3) is 0 Å². The lowest BCUT2D eigenvalue weighted by molar-refractivity contribution is 0.0186. The van der Waals surface area contributed by atoms with Crippen LogP contribution in [-0.2, 0) is 4.74 Å². The van der Waals surface area contributed by atoms with Crippen molar-refractivity contribution in [2.75, 3.05) is 13.1 Å². The number of benzene rings is 1. The Balaban J connectivity index is 2.00. The van der Waals surface area contributed by atoms with Gasteiger partial charge in [-0.25, -0.2) is 4.79 Å². The second-order valence-corrected chi connectivity index (χ2v) is 6.72. The van der Waals surface area contributed by atoms with Crippen LogP contribution in [0.2, 0.25) is 0 Å². The molecule has 2 N–H and O–H groups in total. The molecule has 22 heavy (non-hydrogen) atoms. The maximum atomic E-state index is 12.1. The van der Waals surface area contributed by atoms with E-state index in [9.17, 15) is 4.79 Å². The second-order valence-electron chi connectivity index (χ2n) is 6.72. The van der Waals surface area contributed by atoms with Gasteiger partial charge in [0.25, 0.3) is 0 Å². The minimum Gasteiger partial charge on any atom is -0.444 e. The fourth-order valence-electron chi connectivity index (χ4n) is 2.69. The molecule has 1 aromatic rings. The van der Waals surface area contributed by atoms with E-state index in [0.29, 0.717) is 18.7 Å². The predicted molar refractivity (Wildman–Crippen MR) is 84.3 cm³/mol. The fourth-order valence-corrected chi connectivity index (χ4v) is 2.69. The molecule has 2 unspecified atom stereocenters. The van der Waals surface area contributed by atoms with Crippen LogP contribution < -0.4 is 5.73 Å². The van der Waals surface area contributed by atoms with Gasteiger partial charge >= 0.3 is 6.09 Å². The molecule has 1 amide bonds. The van der Waals surface area contributed by atoms with E-state index in [0.717, 1.165) is 12.0 Å². The number of rotatable bonds is 1. The summed E-state index contributed by atoms with van der Waals surface area (Å²) in [5, 5.41) is 8.85. The number of hydrogen-bond donors (Lipinski definition) is 1. The van der Waals surface area contributed by atoms with Crippen LogP contribution in [-0.4, -0.2) is 35.7 Å². The topological polar surface area (TPSA) is 79.3 Å². The number of nitrogens with two attached hydrogens (primary N) is 1. The van der Waals surface area contributed by atoms with E-state index in [1.54, 1.807) is 4.90 Å². The average molecular weight is 301 g/mol. The molecule has 0 spiro atoms. The number of piperidine rings is 1. The molecule has 0 saturated carbocycles. The van der Waals surface area contributed by atoms with E-state index in [4.69, 9.17) is 15.7 Å². The highest BCUT2D eigenvalue weighted by Crippen LogP contribution is 2.28. The normalized spacial score (nSPS) is 22.0. The van der Waals surface area contributed by atoms with Crippen molar-refractivity contribution in [2.45, 2.75) is 44.8 Å². The summed E-state index contributed by atoms with van der Waals surface area (Å²) < 4.78 is 5.39. The number of nitriles is 1. The van der Waals surface area contributed by atoms with Crippen LogP contribution in [0.1, 0.15) is 44.2 Å². The zero-order valence-electron chi connectivity index (χ0n) is 13.4. The summed E-state index contributed by atoms with van der Waals surface area (Å²) in [5.41, 5.74) is 7.53. The molecule has 5 heteroatoms. The highest BCUT2D eigenvalue weighted by atomic mass is 16.6. The molecule has 1 heterocycles. The van der Waals surface area contributed by atoms with Gasteiger partial charge in [-0.3, -0.25) is 0 Å². The Morgan fingerprint density at radius 2 is 2.00 bits per heavy atom. The van der Waals surface area contributed by atoms with Crippen molar-refractivity contribution in [1.29, 1.82) is 5.26 Å². The third kappa shape index (κ3) is 3.99. The smallest absolute Gasteiger partial charge is 0.410 e. The maximum Gasteiger partial charge on any atom is 0.410 e. The van der Waals surface area contributed by atoms with Gasteiger partial charge in [0.15, 0.2) is 0 Å². The van der Waals surface area contributed by atoms with E-state index < -0.39 is 5.60 Å². The summed E-state index contributed by atoms with van der Waals surface area (Å²) in [4.78, 5) is 13.8. The van der Waals surface area contributed by atoms with E-state index in [2.05, 4.69) is 6.07 Å². The Morgan fingerprint density at radius 3 is 2.50 bits per heavy atom. The Morgan fingerprint density at radius 1 is 1.36 bits per heavy atom. The van der Waals surface area contributed by atoms with Crippen LogP contribution in [0.3, 0.4) is 0 Å². The highest BCUT2D eigenvalue weighted by Gasteiger charge is 2.32. The number of carbonyl (C=O) groups is 1. The SMILES string of the molecule is CC(C)(C)OC(=O)N1CCC(c2ccc(C#N)cc2)C(N)C1. The van der Waals surface area contributed by atoms with E-state index in [1.165, 1.54) is 0 Å². The molecule has 2 atom stereocenters. The van der Waals surface area contributed by atoms with Gasteiger partial charge in [0.1, 0.15) is 5.60 Å². The number of carbonyl (C=O) groups excluding carboxylic acids is 1. The molecular formula is C17H23N3O2. The van der Waals surface area contributed by atoms with E-state index in [1.807, 2.05) is 45.0 Å². The minimum atomic E-state index is -0.495. The zero-order chi connectivity index (χ0) is 16.3. The predicted octanol–water partition coefficient (Wildman–Crippen LogP) is 2.61. The largest absolute Gasteiger partial charge is 0.444 e. The van der Waals surface area contributed by atoms with Gasteiger partial charge in [-0.05, 0) is 44.9 Å². The molecule has 0 aromatic heterocycles. The third-order valence-electron chi connectivity index (χ3n) is 3.78. The fraction of sp³-hybridized carbons (Fsp3) is 0.529. The molecule has 0 radical (unpaired) electrons. The lowest BCUT2D eigenvalue weighted by atomic mass is 9.85. The number of ether oxygens (including phenoxy) is 1. The number of likely N-dealkylation sites (tertiary alicyclic amines) is 1. The van der Waals surface area contributed by atoms with Crippen LogP contribution in [0.4, 0.5) is 4.79 Å². The molecule has 1 fully saturated rings. The molecule has 0 aliphatic carbocycles. The second kappa shape index (κ2) is 6.37. The van der Waals surface area contributed by atoms with Gasteiger partial charge < -0.3 is 15.4 Å². The highest BCUT2D eigenvalue weighted by molar-refractivity contribution is 5.68. The Hall–Kier alpha value is -2.06. The van der Waals surface area contributed by atoms with Crippen molar-refractivity contribution < 1.29 is 9.53 Å². The van der Waals surface area contributed by atoms with Crippen LogP contribution in [0.15, 0.2) is 24.3 Å². The van der Waals surface area contributed by atoms with Gasteiger partial charge in [-0.15, -0.1) is 0 Å². The molecule has 5 nitrogen and oxygen atoms in total. The lowest BCUT2D eigenvalue weighted by Crippen LogP contribution is -2.50. The first-order valence-corrected chi connectivity index (χ1v) is 7.54. The first-order chi connectivity index (χ1) is 10.3. The van der Waals surface area contributed by atoms with Crippen LogP contribution in [0.5, 0.6) is 0 Å². The van der Waals surface area contributed by atoms with Gasteiger partial charge in [-0.1, -0.05) is 12.1 Å². The molecular weight excluding hydrogens is 278 g/mol. The lowest BCUT2D eigenvalue weighted by Gasteiger charge is -2.37. The number of hydrogen-bond acceptors (Lipinski definition) is 4. The summed E-state index contributed by atoms with van der Waals surface area (Å²) in [6.07, 6.45) is 0.494. The number of nitrogens with zero attached hydrogens (tertiary/aromatic N) is 2. The van der Waals surface area contributed by atoms with Gasteiger partial charge in [-0.2, -0.15) is 5.26 Å².